The van der Waals surface area contributed by atoms with Crippen LogP contribution in [0, 0.1) is 23.1 Å². The first-order valence-corrected chi connectivity index (χ1v) is 6.62. The number of hydrogen-bond acceptors (Lipinski definition) is 2. The van der Waals surface area contributed by atoms with Crippen LogP contribution >= 0.6 is 11.8 Å². The molecular formula is C14H15FO2S. The summed E-state index contributed by atoms with van der Waals surface area (Å²) in [5.41, 5.74) is -0.161. The maximum atomic E-state index is 12.7. The molecule has 1 aromatic carbocycles. The summed E-state index contributed by atoms with van der Waals surface area (Å²) in [6.07, 6.45) is 1.94. The van der Waals surface area contributed by atoms with E-state index in [9.17, 15) is 9.18 Å². The Balaban J connectivity index is 1.93. The molecule has 1 N–H and O–H groups in total. The Morgan fingerprint density at radius 2 is 2.00 bits per heavy atom. The van der Waals surface area contributed by atoms with Crippen LogP contribution in [0.3, 0.4) is 0 Å². The number of carboxylic acids is 1. The van der Waals surface area contributed by atoms with Gasteiger partial charge in [-0.3, -0.25) is 4.79 Å². The molecule has 1 aliphatic rings. The molecular weight excluding hydrogens is 251 g/mol. The van der Waals surface area contributed by atoms with Crippen LogP contribution in [-0.4, -0.2) is 11.1 Å². The molecule has 18 heavy (non-hydrogen) atoms. The third kappa shape index (κ3) is 2.58. The van der Waals surface area contributed by atoms with Crippen molar-refractivity contribution in [3.05, 3.63) is 41.6 Å². The molecule has 0 aliphatic heterocycles. The van der Waals surface area contributed by atoms with E-state index in [0.717, 1.165) is 4.90 Å². The van der Waals surface area contributed by atoms with Crippen molar-refractivity contribution < 1.29 is 14.3 Å². The summed E-state index contributed by atoms with van der Waals surface area (Å²) in [6, 6.07) is 6.24. The zero-order valence-corrected chi connectivity index (χ0v) is 11.1. The Labute approximate surface area is 110 Å². The van der Waals surface area contributed by atoms with Crippen molar-refractivity contribution in [2.24, 2.45) is 17.3 Å². The van der Waals surface area contributed by atoms with E-state index in [4.69, 9.17) is 5.11 Å². The summed E-state index contributed by atoms with van der Waals surface area (Å²) in [7, 11) is 0. The molecule has 1 aliphatic carbocycles. The van der Waals surface area contributed by atoms with E-state index in [2.05, 4.69) is 0 Å². The fraction of sp³-hybridized carbons (Fsp3) is 0.357. The second-order valence-electron chi connectivity index (χ2n) is 5.06. The van der Waals surface area contributed by atoms with Gasteiger partial charge >= 0.3 is 5.97 Å². The van der Waals surface area contributed by atoms with Crippen molar-refractivity contribution in [1.82, 2.24) is 0 Å². The van der Waals surface area contributed by atoms with Crippen molar-refractivity contribution in [2.75, 3.05) is 0 Å². The molecule has 2 atom stereocenters. The summed E-state index contributed by atoms with van der Waals surface area (Å²) in [4.78, 5) is 11.9. The fourth-order valence-corrected chi connectivity index (χ4v) is 2.92. The molecule has 4 heteroatoms. The van der Waals surface area contributed by atoms with Gasteiger partial charge in [0.1, 0.15) is 5.82 Å². The lowest BCUT2D eigenvalue weighted by Crippen LogP contribution is -2.02. The van der Waals surface area contributed by atoms with Crippen molar-refractivity contribution in [3.8, 4) is 0 Å². The normalized spacial score (nSPS) is 25.3. The Morgan fingerprint density at radius 3 is 2.50 bits per heavy atom. The quantitative estimate of drug-likeness (QED) is 0.842. The number of allylic oxidation sites excluding steroid dienone is 1. The first-order valence-electron chi connectivity index (χ1n) is 5.74. The molecule has 0 spiro atoms. The predicted octanol–water partition coefficient (Wildman–Crippen LogP) is 3.79. The van der Waals surface area contributed by atoms with E-state index < -0.39 is 5.97 Å². The van der Waals surface area contributed by atoms with E-state index in [1.54, 1.807) is 12.1 Å². The van der Waals surface area contributed by atoms with Gasteiger partial charge in [-0.25, -0.2) is 4.39 Å². The number of aliphatic carboxylic acids is 1. The standard InChI is InChI=1S/C14H15FO2S/c1-14(2)11(12(14)13(16)17)7-8-18-10-5-3-9(15)4-6-10/h3-8,11-12H,1-2H3,(H,16,17)/b8-7+. The number of carboxylic acid groups (broad SMARTS) is 1. The molecule has 0 aromatic heterocycles. The minimum atomic E-state index is -0.735. The van der Waals surface area contributed by atoms with Crippen LogP contribution in [0.25, 0.3) is 0 Å². The van der Waals surface area contributed by atoms with Crippen LogP contribution in [0.2, 0.25) is 0 Å². The van der Waals surface area contributed by atoms with Crippen LogP contribution in [0.5, 0.6) is 0 Å². The maximum absolute atomic E-state index is 12.7. The van der Waals surface area contributed by atoms with E-state index in [0.29, 0.717) is 0 Å². The average Bonchev–Trinajstić information content (AvgIpc) is 2.84. The number of thioether (sulfide) groups is 1. The maximum Gasteiger partial charge on any atom is 0.307 e. The van der Waals surface area contributed by atoms with Crippen molar-refractivity contribution in [3.63, 3.8) is 0 Å². The first-order chi connectivity index (χ1) is 8.43. The third-order valence-electron chi connectivity index (χ3n) is 3.48. The van der Waals surface area contributed by atoms with Crippen LogP contribution in [-0.2, 0) is 4.79 Å². The molecule has 2 unspecified atom stereocenters. The third-order valence-corrected chi connectivity index (χ3v) is 4.32. The fourth-order valence-electron chi connectivity index (χ4n) is 2.22. The van der Waals surface area contributed by atoms with E-state index in [1.165, 1.54) is 23.9 Å². The number of rotatable bonds is 4. The van der Waals surface area contributed by atoms with Gasteiger partial charge in [0.15, 0.2) is 0 Å². The number of benzene rings is 1. The molecule has 96 valence electrons. The Hall–Kier alpha value is -1.29. The summed E-state index contributed by atoms with van der Waals surface area (Å²) in [5, 5.41) is 10.9. The van der Waals surface area contributed by atoms with Gasteiger partial charge in [-0.05, 0) is 41.0 Å². The second-order valence-corrected chi connectivity index (χ2v) is 6.04. The molecule has 0 bridgehead atoms. The lowest BCUT2D eigenvalue weighted by molar-refractivity contribution is -0.139. The minimum Gasteiger partial charge on any atom is -0.481 e. The van der Waals surface area contributed by atoms with Crippen molar-refractivity contribution in [2.45, 2.75) is 18.7 Å². The van der Waals surface area contributed by atoms with Crippen molar-refractivity contribution in [1.29, 1.82) is 0 Å². The van der Waals surface area contributed by atoms with Crippen LogP contribution in [0.1, 0.15) is 13.8 Å². The summed E-state index contributed by atoms with van der Waals surface area (Å²) in [5.74, 6) is -1.19. The van der Waals surface area contributed by atoms with Gasteiger partial charge in [0, 0.05) is 4.90 Å². The smallest absolute Gasteiger partial charge is 0.307 e. The van der Waals surface area contributed by atoms with E-state index in [1.807, 2.05) is 25.3 Å². The number of hydrogen-bond donors (Lipinski definition) is 1. The molecule has 2 nitrogen and oxygen atoms in total. The van der Waals surface area contributed by atoms with Gasteiger partial charge in [0.2, 0.25) is 0 Å². The van der Waals surface area contributed by atoms with Gasteiger partial charge in [-0.15, -0.1) is 0 Å². The Bertz CT molecular complexity index is 479. The lowest BCUT2D eigenvalue weighted by Gasteiger charge is -1.97. The largest absolute Gasteiger partial charge is 0.481 e. The molecule has 1 fully saturated rings. The highest BCUT2D eigenvalue weighted by Gasteiger charge is 2.60. The number of carbonyl (C=O) groups is 1. The SMILES string of the molecule is CC1(C)C(/C=C/Sc2ccc(F)cc2)C1C(=O)O. The molecule has 0 amide bonds. The highest BCUT2D eigenvalue weighted by Crippen LogP contribution is 2.59. The van der Waals surface area contributed by atoms with Gasteiger partial charge in [0.05, 0.1) is 5.92 Å². The van der Waals surface area contributed by atoms with Crippen LogP contribution in [0.4, 0.5) is 4.39 Å². The van der Waals surface area contributed by atoms with Crippen LogP contribution in [0.15, 0.2) is 40.6 Å². The molecule has 1 aromatic rings. The van der Waals surface area contributed by atoms with Crippen molar-refractivity contribution >= 4 is 17.7 Å². The highest BCUT2D eigenvalue weighted by atomic mass is 32.2. The molecule has 1 saturated carbocycles. The zero-order valence-electron chi connectivity index (χ0n) is 10.3. The Morgan fingerprint density at radius 1 is 1.39 bits per heavy atom. The minimum absolute atomic E-state index is 0.0861. The average molecular weight is 266 g/mol. The summed E-state index contributed by atoms with van der Waals surface area (Å²) < 4.78 is 12.7. The van der Waals surface area contributed by atoms with E-state index >= 15 is 0 Å². The molecule has 2 rings (SSSR count). The summed E-state index contributed by atoms with van der Waals surface area (Å²) >= 11 is 1.47. The summed E-state index contributed by atoms with van der Waals surface area (Å²) in [6.45, 7) is 3.92. The van der Waals surface area contributed by atoms with Crippen LogP contribution < -0.4 is 0 Å². The van der Waals surface area contributed by atoms with Gasteiger partial charge in [-0.1, -0.05) is 31.7 Å². The van der Waals surface area contributed by atoms with E-state index in [-0.39, 0.29) is 23.1 Å². The van der Waals surface area contributed by atoms with Gasteiger partial charge in [-0.2, -0.15) is 0 Å². The molecule has 0 radical (unpaired) electrons. The molecule has 0 heterocycles. The number of halogens is 1. The zero-order chi connectivity index (χ0) is 13.3. The van der Waals surface area contributed by atoms with Gasteiger partial charge < -0.3 is 5.11 Å². The van der Waals surface area contributed by atoms with Gasteiger partial charge in [0.25, 0.3) is 0 Å². The monoisotopic (exact) mass is 266 g/mol. The topological polar surface area (TPSA) is 37.3 Å². The lowest BCUT2D eigenvalue weighted by atomic mass is 10.1. The Kier molecular flexibility index (Phi) is 3.48. The second kappa shape index (κ2) is 4.76. The molecule has 0 saturated heterocycles. The first kappa shape index (κ1) is 13.1. The predicted molar refractivity (Wildman–Crippen MR) is 69.8 cm³/mol. The highest BCUT2D eigenvalue weighted by molar-refractivity contribution is 8.02.